The van der Waals surface area contributed by atoms with Crippen LogP contribution in [0.4, 0.5) is 0 Å². The van der Waals surface area contributed by atoms with Crippen LogP contribution in [0.25, 0.3) is 0 Å². The van der Waals surface area contributed by atoms with E-state index in [1.165, 1.54) is 26.0 Å². The molecule has 0 unspecified atom stereocenters. The van der Waals surface area contributed by atoms with Crippen LogP contribution in [0.1, 0.15) is 30.9 Å². The molecule has 0 spiro atoms. The molecule has 2 aromatic carbocycles. The Hall–Kier alpha value is -2.52. The number of nitrogens with zero attached hydrogens (tertiary/aromatic N) is 2. The van der Waals surface area contributed by atoms with Crippen LogP contribution in [0.2, 0.25) is 0 Å². The number of methoxy groups -OCH3 is 2. The second-order valence-corrected chi connectivity index (χ2v) is 12.1. The van der Waals surface area contributed by atoms with E-state index >= 15 is 0 Å². The van der Waals surface area contributed by atoms with E-state index < -0.39 is 24.4 Å². The molecular formula is C25H31N2O7PS. The first kappa shape index (κ1) is 26.5. The van der Waals surface area contributed by atoms with Crippen molar-refractivity contribution in [3.63, 3.8) is 0 Å². The van der Waals surface area contributed by atoms with E-state index in [0.29, 0.717) is 30.2 Å². The molecule has 194 valence electrons. The van der Waals surface area contributed by atoms with Gasteiger partial charge in [0.1, 0.15) is 16.2 Å². The van der Waals surface area contributed by atoms with Crippen molar-refractivity contribution >= 4 is 31.3 Å². The molecule has 2 heterocycles. The molecule has 0 saturated carbocycles. The Kier molecular flexibility index (Phi) is 7.99. The minimum absolute atomic E-state index is 0.160. The minimum atomic E-state index is -4.05. The number of ether oxygens (including phenoxy) is 2. The highest BCUT2D eigenvalue weighted by Crippen LogP contribution is 2.64. The zero-order chi connectivity index (χ0) is 25.9. The van der Waals surface area contributed by atoms with Crippen molar-refractivity contribution in [1.82, 2.24) is 9.57 Å². The van der Waals surface area contributed by atoms with E-state index in [0.717, 1.165) is 22.4 Å². The maximum absolute atomic E-state index is 14.3. The largest absolute Gasteiger partial charge is 0.497 e. The van der Waals surface area contributed by atoms with Gasteiger partial charge in [-0.25, -0.2) is 9.24 Å². The average Bonchev–Trinajstić information content (AvgIpc) is 3.55. The van der Waals surface area contributed by atoms with Crippen LogP contribution in [0, 0.1) is 0 Å². The van der Waals surface area contributed by atoms with Crippen molar-refractivity contribution in [2.75, 3.05) is 41.5 Å². The van der Waals surface area contributed by atoms with E-state index in [9.17, 15) is 14.2 Å². The number of amides is 2. The third-order valence-electron chi connectivity index (χ3n) is 6.63. The average molecular weight is 535 g/mol. The van der Waals surface area contributed by atoms with Crippen LogP contribution in [0.3, 0.4) is 0 Å². The molecule has 4 rings (SSSR count). The topological polar surface area (TPSA) is 94.6 Å². The van der Waals surface area contributed by atoms with E-state index in [1.54, 1.807) is 43.4 Å². The van der Waals surface area contributed by atoms with Gasteiger partial charge in [0, 0.05) is 32.2 Å². The third kappa shape index (κ3) is 4.75. The molecule has 0 aliphatic carbocycles. The second kappa shape index (κ2) is 10.8. The number of carbonyl (C=O) groups is 2. The first-order valence-electron chi connectivity index (χ1n) is 11.6. The van der Waals surface area contributed by atoms with Crippen LogP contribution in [-0.4, -0.2) is 67.7 Å². The number of benzene rings is 2. The fourth-order valence-corrected chi connectivity index (χ4v) is 7.83. The molecule has 2 atom stereocenters. The smallest absolute Gasteiger partial charge is 0.437 e. The second-order valence-electron chi connectivity index (χ2n) is 8.59. The summed E-state index contributed by atoms with van der Waals surface area (Å²) in [6.07, 6.45) is 1.63. The quantitative estimate of drug-likeness (QED) is 0.433. The molecule has 9 nitrogen and oxygen atoms in total. The SMILES string of the molecule is COc1ccc(S[C@]2(C(=O)N3CCCC3)CC(=O)N(P(=O)(OC)OC)[C@@H]2c2ccc(OC)cc2)cc1. The van der Waals surface area contributed by atoms with Gasteiger partial charge in [0.15, 0.2) is 0 Å². The van der Waals surface area contributed by atoms with Crippen LogP contribution >= 0.6 is 19.5 Å². The molecule has 2 aromatic rings. The number of rotatable bonds is 9. The van der Waals surface area contributed by atoms with Gasteiger partial charge in [-0.2, -0.15) is 0 Å². The molecule has 2 aliphatic rings. The van der Waals surface area contributed by atoms with Crippen LogP contribution in [0.15, 0.2) is 53.4 Å². The molecule has 2 saturated heterocycles. The van der Waals surface area contributed by atoms with Gasteiger partial charge in [0.25, 0.3) is 0 Å². The summed E-state index contributed by atoms with van der Waals surface area (Å²) in [7, 11) is 1.57. The van der Waals surface area contributed by atoms with Crippen LogP contribution < -0.4 is 9.47 Å². The van der Waals surface area contributed by atoms with Gasteiger partial charge in [-0.15, -0.1) is 11.8 Å². The first-order valence-corrected chi connectivity index (χ1v) is 13.9. The lowest BCUT2D eigenvalue weighted by Crippen LogP contribution is -2.49. The molecule has 0 N–H and O–H groups in total. The Morgan fingerprint density at radius 3 is 1.94 bits per heavy atom. The van der Waals surface area contributed by atoms with Crippen molar-refractivity contribution in [2.24, 2.45) is 0 Å². The summed E-state index contributed by atoms with van der Waals surface area (Å²) in [6, 6.07) is 13.5. The Bertz CT molecular complexity index is 1130. The van der Waals surface area contributed by atoms with Crippen molar-refractivity contribution in [3.8, 4) is 11.5 Å². The molecule has 2 amide bonds. The van der Waals surface area contributed by atoms with Gasteiger partial charge < -0.3 is 14.4 Å². The maximum Gasteiger partial charge on any atom is 0.437 e. The standard InChI is InChI=1S/C25H31N2O7PS/c1-31-19-9-7-18(8-10-19)23-25(24(29)26-15-5-6-16-26,36-21-13-11-20(32-2)12-14-21)17-22(28)27(23)35(30,33-3)34-4/h7-14,23H,5-6,15-17H2,1-4H3/t23-,25-/m1/s1. The van der Waals surface area contributed by atoms with Gasteiger partial charge in [0.05, 0.1) is 26.7 Å². The zero-order valence-electron chi connectivity index (χ0n) is 20.8. The lowest BCUT2D eigenvalue weighted by atomic mass is 9.91. The Balaban J connectivity index is 1.91. The summed E-state index contributed by atoms with van der Waals surface area (Å²) in [4.78, 5) is 30.5. The van der Waals surface area contributed by atoms with E-state index in [2.05, 4.69) is 0 Å². The fourth-order valence-electron chi connectivity index (χ4n) is 4.84. The molecule has 0 aromatic heterocycles. The third-order valence-corrected chi connectivity index (χ3v) is 9.95. The van der Waals surface area contributed by atoms with E-state index in [-0.39, 0.29) is 12.3 Å². The summed E-state index contributed by atoms with van der Waals surface area (Å²) in [5, 5.41) is 0. The zero-order valence-corrected chi connectivity index (χ0v) is 22.6. The highest BCUT2D eigenvalue weighted by molar-refractivity contribution is 8.01. The summed E-state index contributed by atoms with van der Waals surface area (Å²) in [5.41, 5.74) is 0.629. The van der Waals surface area contributed by atoms with Crippen molar-refractivity contribution in [2.45, 2.75) is 34.9 Å². The van der Waals surface area contributed by atoms with Gasteiger partial charge in [-0.3, -0.25) is 18.6 Å². The van der Waals surface area contributed by atoms with Crippen molar-refractivity contribution in [1.29, 1.82) is 0 Å². The van der Waals surface area contributed by atoms with Crippen LogP contribution in [-0.2, 0) is 23.2 Å². The predicted molar refractivity (Wildman–Crippen MR) is 136 cm³/mol. The molecule has 11 heteroatoms. The number of hydrogen-bond acceptors (Lipinski definition) is 8. The summed E-state index contributed by atoms with van der Waals surface area (Å²) in [6.45, 7) is 1.22. The fraction of sp³-hybridized carbons (Fsp3) is 0.440. The molecule has 0 bridgehead atoms. The minimum Gasteiger partial charge on any atom is -0.497 e. The molecule has 2 fully saturated rings. The molecular weight excluding hydrogens is 503 g/mol. The van der Waals surface area contributed by atoms with Gasteiger partial charge in [-0.1, -0.05) is 12.1 Å². The Morgan fingerprint density at radius 1 is 0.917 bits per heavy atom. The van der Waals surface area contributed by atoms with E-state index in [4.69, 9.17) is 18.5 Å². The van der Waals surface area contributed by atoms with Crippen molar-refractivity contribution < 1.29 is 32.7 Å². The molecule has 36 heavy (non-hydrogen) atoms. The van der Waals surface area contributed by atoms with Gasteiger partial charge in [0.2, 0.25) is 11.8 Å². The maximum atomic E-state index is 14.3. The monoisotopic (exact) mass is 534 g/mol. The first-order chi connectivity index (χ1) is 17.3. The Morgan fingerprint density at radius 2 is 1.44 bits per heavy atom. The van der Waals surface area contributed by atoms with Crippen LogP contribution in [0.5, 0.6) is 11.5 Å². The lowest BCUT2D eigenvalue weighted by molar-refractivity contribution is -0.133. The van der Waals surface area contributed by atoms with Gasteiger partial charge in [-0.05, 0) is 54.8 Å². The predicted octanol–water partition coefficient (Wildman–Crippen LogP) is 4.53. The Labute approximate surface area is 215 Å². The highest BCUT2D eigenvalue weighted by atomic mass is 32.2. The number of likely N-dealkylation sites (tertiary alicyclic amines) is 1. The molecule has 2 aliphatic heterocycles. The summed E-state index contributed by atoms with van der Waals surface area (Å²) in [5.74, 6) is 0.654. The lowest BCUT2D eigenvalue weighted by Gasteiger charge is -2.39. The number of thioether (sulfide) groups is 1. The highest BCUT2D eigenvalue weighted by Gasteiger charge is 2.63. The van der Waals surface area contributed by atoms with Gasteiger partial charge >= 0.3 is 7.75 Å². The summed E-state index contributed by atoms with van der Waals surface area (Å²) < 4.78 is 34.7. The molecule has 0 radical (unpaired) electrons. The van der Waals surface area contributed by atoms with E-state index in [1.807, 2.05) is 24.3 Å². The summed E-state index contributed by atoms with van der Waals surface area (Å²) >= 11 is 1.30. The van der Waals surface area contributed by atoms with Crippen molar-refractivity contribution in [3.05, 3.63) is 54.1 Å². The number of carbonyl (C=O) groups excluding carboxylic acids is 2. The number of hydrogen-bond donors (Lipinski definition) is 0. The normalized spacial score (nSPS) is 22.2.